The van der Waals surface area contributed by atoms with Gasteiger partial charge in [0.2, 0.25) is 11.8 Å². The molecular weight excluding hydrogens is 224 g/mol. The molecule has 0 unspecified atom stereocenters. The lowest BCUT2D eigenvalue weighted by Crippen LogP contribution is -2.62. The van der Waals surface area contributed by atoms with E-state index in [1.807, 2.05) is 26.8 Å². The first-order valence-corrected chi connectivity index (χ1v) is 5.76. The van der Waals surface area contributed by atoms with Gasteiger partial charge in [0.15, 0.2) is 5.11 Å². The summed E-state index contributed by atoms with van der Waals surface area (Å²) in [5.41, 5.74) is -0.265. The zero-order valence-corrected chi connectivity index (χ0v) is 10.5. The second kappa shape index (κ2) is 4.74. The van der Waals surface area contributed by atoms with Gasteiger partial charge in [-0.05, 0) is 37.6 Å². The Bertz CT molecular complexity index is 354. The highest BCUT2D eigenvalue weighted by molar-refractivity contribution is 7.80. The number of nitrogens with one attached hydrogen (secondary N) is 2. The zero-order valence-electron chi connectivity index (χ0n) is 9.72. The van der Waals surface area contributed by atoms with E-state index in [1.54, 1.807) is 0 Å². The summed E-state index contributed by atoms with van der Waals surface area (Å²) in [5.74, 6) is -0.641. The molecule has 1 aliphatic heterocycles. The Kier molecular flexibility index (Phi) is 3.80. The monoisotopic (exact) mass is 240 g/mol. The van der Waals surface area contributed by atoms with E-state index in [0.29, 0.717) is 12.8 Å². The van der Waals surface area contributed by atoms with Gasteiger partial charge in [-0.1, -0.05) is 19.9 Å². The molecule has 0 aromatic heterocycles. The van der Waals surface area contributed by atoms with Crippen LogP contribution >= 0.6 is 12.2 Å². The minimum Gasteiger partial charge on any atom is -0.302 e. The van der Waals surface area contributed by atoms with Gasteiger partial charge in [-0.2, -0.15) is 0 Å². The van der Waals surface area contributed by atoms with Crippen molar-refractivity contribution < 1.29 is 9.59 Å². The van der Waals surface area contributed by atoms with E-state index in [0.717, 1.165) is 5.57 Å². The molecule has 0 aliphatic carbocycles. The quantitative estimate of drug-likeness (QED) is 0.444. The molecule has 0 spiro atoms. The van der Waals surface area contributed by atoms with Crippen LogP contribution in [-0.2, 0) is 9.59 Å². The lowest BCUT2D eigenvalue weighted by Gasteiger charge is -2.36. The van der Waals surface area contributed by atoms with Gasteiger partial charge in [0.25, 0.3) is 0 Å². The van der Waals surface area contributed by atoms with Crippen LogP contribution in [0.15, 0.2) is 11.6 Å². The molecule has 0 aromatic rings. The summed E-state index contributed by atoms with van der Waals surface area (Å²) < 4.78 is 0. The highest BCUT2D eigenvalue weighted by atomic mass is 32.1. The maximum atomic E-state index is 12.0. The summed E-state index contributed by atoms with van der Waals surface area (Å²) in [5, 5.41) is 5.13. The first kappa shape index (κ1) is 12.8. The summed E-state index contributed by atoms with van der Waals surface area (Å²) in [6, 6.07) is 0. The molecule has 1 aliphatic rings. The fourth-order valence-electron chi connectivity index (χ4n) is 2.15. The number of amides is 2. The minimum atomic E-state index is -1.09. The van der Waals surface area contributed by atoms with E-state index in [2.05, 4.69) is 10.6 Å². The molecule has 0 bridgehead atoms. The average molecular weight is 240 g/mol. The van der Waals surface area contributed by atoms with Crippen molar-refractivity contribution in [3.63, 3.8) is 0 Å². The maximum absolute atomic E-state index is 12.0. The van der Waals surface area contributed by atoms with E-state index < -0.39 is 5.41 Å². The molecule has 16 heavy (non-hydrogen) atoms. The molecule has 2 amide bonds. The Balaban J connectivity index is 3.25. The number of hydrogen-bond acceptors (Lipinski definition) is 3. The molecule has 0 radical (unpaired) electrons. The Hall–Kier alpha value is -1.23. The van der Waals surface area contributed by atoms with Crippen molar-refractivity contribution in [3.05, 3.63) is 11.6 Å². The molecule has 0 atom stereocenters. The molecule has 88 valence electrons. The molecule has 5 heteroatoms. The largest absolute Gasteiger partial charge is 0.302 e. The van der Waals surface area contributed by atoms with Crippen molar-refractivity contribution in [2.24, 2.45) is 5.41 Å². The molecule has 4 nitrogen and oxygen atoms in total. The van der Waals surface area contributed by atoms with Gasteiger partial charge < -0.3 is 10.6 Å². The molecule has 1 saturated heterocycles. The average Bonchev–Trinajstić information content (AvgIpc) is 2.23. The van der Waals surface area contributed by atoms with Crippen LogP contribution in [0, 0.1) is 5.41 Å². The molecule has 2 N–H and O–H groups in total. The van der Waals surface area contributed by atoms with E-state index in [1.165, 1.54) is 0 Å². The second-order valence-electron chi connectivity index (χ2n) is 3.66. The first-order chi connectivity index (χ1) is 7.52. The van der Waals surface area contributed by atoms with E-state index in [4.69, 9.17) is 12.2 Å². The van der Waals surface area contributed by atoms with Crippen LogP contribution in [0.3, 0.4) is 0 Å². The first-order valence-electron chi connectivity index (χ1n) is 5.35. The van der Waals surface area contributed by atoms with Crippen LogP contribution < -0.4 is 10.6 Å². The number of rotatable bonds is 3. The predicted molar refractivity (Wildman–Crippen MR) is 65.7 cm³/mol. The van der Waals surface area contributed by atoms with Crippen molar-refractivity contribution in [3.8, 4) is 0 Å². The third-order valence-electron chi connectivity index (χ3n) is 3.04. The van der Waals surface area contributed by atoms with E-state index >= 15 is 0 Å². The fraction of sp³-hybridized carbons (Fsp3) is 0.545. The topological polar surface area (TPSA) is 58.2 Å². The van der Waals surface area contributed by atoms with Crippen molar-refractivity contribution >= 4 is 29.1 Å². The van der Waals surface area contributed by atoms with E-state index in [-0.39, 0.29) is 16.9 Å². The standard InChI is InChI=1S/C11H16N2O2S/c1-4-7(5-2)11(6-3)8(14)12-10(16)13-9(11)15/h4H,5-6H2,1-3H3,(H2,12,13,14,15,16)/b7-4-. The molecule has 1 heterocycles. The summed E-state index contributed by atoms with van der Waals surface area (Å²) in [6.45, 7) is 5.59. The molecule has 0 aromatic carbocycles. The van der Waals surface area contributed by atoms with Gasteiger partial charge in [0.05, 0.1) is 0 Å². The maximum Gasteiger partial charge on any atom is 0.245 e. The Morgan fingerprint density at radius 2 is 1.81 bits per heavy atom. The molecule has 1 fully saturated rings. The van der Waals surface area contributed by atoms with Gasteiger partial charge >= 0.3 is 0 Å². The SMILES string of the molecule is C/C=C(/CC)C1(CC)C(=O)NC(=S)NC1=O. The van der Waals surface area contributed by atoms with Gasteiger partial charge in [-0.3, -0.25) is 9.59 Å². The van der Waals surface area contributed by atoms with Crippen molar-refractivity contribution in [1.82, 2.24) is 10.6 Å². The Labute approximate surface area is 100 Å². The third-order valence-corrected chi connectivity index (χ3v) is 3.24. The summed E-state index contributed by atoms with van der Waals surface area (Å²) in [7, 11) is 0. The van der Waals surface area contributed by atoms with Crippen LogP contribution in [0.5, 0.6) is 0 Å². The summed E-state index contributed by atoms with van der Waals surface area (Å²) in [4.78, 5) is 24.1. The van der Waals surface area contributed by atoms with Crippen LogP contribution in [0.1, 0.15) is 33.6 Å². The van der Waals surface area contributed by atoms with Crippen LogP contribution in [0.25, 0.3) is 0 Å². The summed E-state index contributed by atoms with van der Waals surface area (Å²) in [6.07, 6.45) is 2.93. The van der Waals surface area contributed by atoms with Gasteiger partial charge in [-0.15, -0.1) is 0 Å². The predicted octanol–water partition coefficient (Wildman–Crippen LogP) is 1.27. The highest BCUT2D eigenvalue weighted by Gasteiger charge is 2.49. The lowest BCUT2D eigenvalue weighted by atomic mass is 9.73. The second-order valence-corrected chi connectivity index (χ2v) is 4.07. The summed E-state index contributed by atoms with van der Waals surface area (Å²) >= 11 is 4.79. The fourth-order valence-corrected chi connectivity index (χ4v) is 2.33. The number of thiocarbonyl (C=S) groups is 1. The molecule has 1 rings (SSSR count). The van der Waals surface area contributed by atoms with Gasteiger partial charge in [0, 0.05) is 0 Å². The number of hydrogen-bond donors (Lipinski definition) is 2. The Morgan fingerprint density at radius 3 is 2.12 bits per heavy atom. The van der Waals surface area contributed by atoms with Crippen LogP contribution in [0.4, 0.5) is 0 Å². The van der Waals surface area contributed by atoms with E-state index in [9.17, 15) is 9.59 Å². The van der Waals surface area contributed by atoms with Crippen molar-refractivity contribution in [1.29, 1.82) is 0 Å². The normalized spacial score (nSPS) is 20.4. The van der Waals surface area contributed by atoms with Gasteiger partial charge in [0.1, 0.15) is 5.41 Å². The van der Waals surface area contributed by atoms with Crippen LogP contribution in [-0.4, -0.2) is 16.9 Å². The highest BCUT2D eigenvalue weighted by Crippen LogP contribution is 2.35. The number of carbonyl (C=O) groups is 2. The van der Waals surface area contributed by atoms with Crippen LogP contribution in [0.2, 0.25) is 0 Å². The van der Waals surface area contributed by atoms with Crippen molar-refractivity contribution in [2.45, 2.75) is 33.6 Å². The Morgan fingerprint density at radius 1 is 1.31 bits per heavy atom. The van der Waals surface area contributed by atoms with Crippen molar-refractivity contribution in [2.75, 3.05) is 0 Å². The van der Waals surface area contributed by atoms with Gasteiger partial charge in [-0.25, -0.2) is 0 Å². The smallest absolute Gasteiger partial charge is 0.245 e. The lowest BCUT2D eigenvalue weighted by molar-refractivity contribution is -0.141. The number of allylic oxidation sites excluding steroid dienone is 1. The molecular formula is C11H16N2O2S. The third kappa shape index (κ3) is 1.75. The number of carbonyl (C=O) groups excluding carboxylic acids is 2. The zero-order chi connectivity index (χ0) is 12.3. The molecule has 0 saturated carbocycles. The minimum absolute atomic E-state index is 0.0885.